The summed E-state index contributed by atoms with van der Waals surface area (Å²) in [6, 6.07) is 1.96. The summed E-state index contributed by atoms with van der Waals surface area (Å²) in [4.78, 5) is 4.27. The Morgan fingerprint density at radius 1 is 1.57 bits per heavy atom. The van der Waals surface area contributed by atoms with Crippen LogP contribution in [0.15, 0.2) is 17.3 Å². The first-order valence-electron chi connectivity index (χ1n) is 4.46. The molecule has 0 aliphatic rings. The summed E-state index contributed by atoms with van der Waals surface area (Å²) >= 11 is 1.67. The van der Waals surface area contributed by atoms with Crippen LogP contribution < -0.4 is 0 Å². The highest BCUT2D eigenvalue weighted by Gasteiger charge is 2.01. The molecule has 0 amide bonds. The number of hydrogen-bond acceptors (Lipinski definition) is 4. The Balaban J connectivity index is 2.59. The SMILES string of the molecule is COCCSc1ncc(CO)cc1C. The van der Waals surface area contributed by atoms with Crippen LogP contribution in [0.4, 0.5) is 0 Å². The number of nitrogens with zero attached hydrogens (tertiary/aromatic N) is 1. The van der Waals surface area contributed by atoms with E-state index in [1.807, 2.05) is 13.0 Å². The third kappa shape index (κ3) is 3.29. The molecule has 14 heavy (non-hydrogen) atoms. The summed E-state index contributed by atoms with van der Waals surface area (Å²) < 4.78 is 4.96. The van der Waals surface area contributed by atoms with Crippen LogP contribution in [0.5, 0.6) is 0 Å². The van der Waals surface area contributed by atoms with Crippen LogP contribution >= 0.6 is 11.8 Å². The molecular weight excluding hydrogens is 198 g/mol. The van der Waals surface area contributed by atoms with Crippen LogP contribution in [-0.2, 0) is 11.3 Å². The van der Waals surface area contributed by atoms with E-state index < -0.39 is 0 Å². The van der Waals surface area contributed by atoms with Crippen molar-refractivity contribution in [3.63, 3.8) is 0 Å². The van der Waals surface area contributed by atoms with E-state index in [0.29, 0.717) is 0 Å². The molecule has 0 aromatic carbocycles. The summed E-state index contributed by atoms with van der Waals surface area (Å²) in [6.07, 6.45) is 1.71. The number of aryl methyl sites for hydroxylation is 1. The lowest BCUT2D eigenvalue weighted by molar-refractivity contribution is 0.218. The first-order valence-corrected chi connectivity index (χ1v) is 5.44. The second-order valence-electron chi connectivity index (χ2n) is 2.96. The number of aromatic nitrogens is 1. The van der Waals surface area contributed by atoms with E-state index in [1.165, 1.54) is 0 Å². The Labute approximate surface area is 88.5 Å². The maximum Gasteiger partial charge on any atom is 0.0990 e. The number of hydrogen-bond donors (Lipinski definition) is 1. The molecule has 1 aromatic rings. The summed E-state index contributed by atoms with van der Waals surface area (Å²) in [6.45, 7) is 2.78. The van der Waals surface area contributed by atoms with Crippen molar-refractivity contribution >= 4 is 11.8 Å². The molecule has 0 fully saturated rings. The molecule has 1 rings (SSSR count). The molecule has 0 saturated carbocycles. The zero-order valence-electron chi connectivity index (χ0n) is 8.49. The topological polar surface area (TPSA) is 42.4 Å². The van der Waals surface area contributed by atoms with E-state index in [9.17, 15) is 0 Å². The van der Waals surface area contributed by atoms with Crippen molar-refractivity contribution in [1.29, 1.82) is 0 Å². The van der Waals surface area contributed by atoms with Gasteiger partial charge in [-0.05, 0) is 24.1 Å². The lowest BCUT2D eigenvalue weighted by Gasteiger charge is -2.05. The average molecular weight is 213 g/mol. The van der Waals surface area contributed by atoms with Crippen molar-refractivity contribution < 1.29 is 9.84 Å². The lowest BCUT2D eigenvalue weighted by atomic mass is 10.2. The molecule has 0 unspecified atom stereocenters. The molecule has 0 spiro atoms. The summed E-state index contributed by atoms with van der Waals surface area (Å²) in [7, 11) is 1.69. The van der Waals surface area contributed by atoms with Gasteiger partial charge in [-0.25, -0.2) is 4.98 Å². The maximum absolute atomic E-state index is 8.90. The lowest BCUT2D eigenvalue weighted by Crippen LogP contribution is -1.95. The Morgan fingerprint density at radius 2 is 2.36 bits per heavy atom. The van der Waals surface area contributed by atoms with Gasteiger partial charge in [-0.3, -0.25) is 0 Å². The van der Waals surface area contributed by atoms with Gasteiger partial charge in [-0.1, -0.05) is 0 Å². The van der Waals surface area contributed by atoms with Crippen LogP contribution in [0.3, 0.4) is 0 Å². The fraction of sp³-hybridized carbons (Fsp3) is 0.500. The normalized spacial score (nSPS) is 10.5. The van der Waals surface area contributed by atoms with Gasteiger partial charge in [-0.15, -0.1) is 11.8 Å². The first-order chi connectivity index (χ1) is 6.77. The molecule has 78 valence electrons. The monoisotopic (exact) mass is 213 g/mol. The van der Waals surface area contributed by atoms with E-state index in [-0.39, 0.29) is 6.61 Å². The third-order valence-electron chi connectivity index (χ3n) is 1.80. The third-order valence-corrected chi connectivity index (χ3v) is 2.87. The van der Waals surface area contributed by atoms with E-state index in [2.05, 4.69) is 4.98 Å². The van der Waals surface area contributed by atoms with Crippen molar-refractivity contribution in [3.8, 4) is 0 Å². The number of thioether (sulfide) groups is 1. The van der Waals surface area contributed by atoms with E-state index in [1.54, 1.807) is 25.1 Å². The molecule has 4 heteroatoms. The van der Waals surface area contributed by atoms with Crippen molar-refractivity contribution in [2.24, 2.45) is 0 Å². The Morgan fingerprint density at radius 3 is 2.93 bits per heavy atom. The Kier molecular flexibility index (Phi) is 4.93. The molecule has 0 aliphatic heterocycles. The number of rotatable bonds is 5. The predicted octanol–water partition coefficient (Wildman–Crippen LogP) is 1.62. The molecule has 1 aromatic heterocycles. The van der Waals surface area contributed by atoms with Gasteiger partial charge in [0.15, 0.2) is 0 Å². The molecule has 3 nitrogen and oxygen atoms in total. The fourth-order valence-corrected chi connectivity index (χ4v) is 1.94. The second kappa shape index (κ2) is 6.01. The maximum atomic E-state index is 8.90. The molecular formula is C10H15NO2S. The number of aliphatic hydroxyl groups is 1. The highest BCUT2D eigenvalue weighted by atomic mass is 32.2. The van der Waals surface area contributed by atoms with Gasteiger partial charge in [0.25, 0.3) is 0 Å². The van der Waals surface area contributed by atoms with Gasteiger partial charge >= 0.3 is 0 Å². The Hall–Kier alpha value is -0.580. The van der Waals surface area contributed by atoms with Crippen molar-refractivity contribution in [2.45, 2.75) is 18.6 Å². The zero-order valence-corrected chi connectivity index (χ0v) is 9.30. The minimum absolute atomic E-state index is 0.0524. The standard InChI is InChI=1S/C10H15NO2S/c1-8-5-9(7-12)6-11-10(8)14-4-3-13-2/h5-6,12H,3-4,7H2,1-2H3. The number of methoxy groups -OCH3 is 1. The molecule has 1 N–H and O–H groups in total. The molecule has 0 aliphatic carbocycles. The Bertz CT molecular complexity index is 291. The van der Waals surface area contributed by atoms with Gasteiger partial charge in [0.1, 0.15) is 0 Å². The molecule has 1 heterocycles. The highest BCUT2D eigenvalue weighted by Crippen LogP contribution is 2.20. The predicted molar refractivity (Wildman–Crippen MR) is 57.5 cm³/mol. The van der Waals surface area contributed by atoms with Gasteiger partial charge in [-0.2, -0.15) is 0 Å². The minimum atomic E-state index is 0.0524. The van der Waals surface area contributed by atoms with Crippen LogP contribution in [-0.4, -0.2) is 29.6 Å². The second-order valence-corrected chi connectivity index (χ2v) is 4.05. The molecule has 0 atom stereocenters. The summed E-state index contributed by atoms with van der Waals surface area (Å²) in [5.41, 5.74) is 1.97. The largest absolute Gasteiger partial charge is 0.392 e. The van der Waals surface area contributed by atoms with E-state index in [0.717, 1.165) is 28.5 Å². The smallest absolute Gasteiger partial charge is 0.0990 e. The van der Waals surface area contributed by atoms with Crippen molar-refractivity contribution in [2.75, 3.05) is 19.5 Å². The quantitative estimate of drug-likeness (QED) is 0.596. The van der Waals surface area contributed by atoms with Gasteiger partial charge in [0.05, 0.1) is 18.2 Å². The highest BCUT2D eigenvalue weighted by molar-refractivity contribution is 7.99. The van der Waals surface area contributed by atoms with Crippen molar-refractivity contribution in [1.82, 2.24) is 4.98 Å². The van der Waals surface area contributed by atoms with Gasteiger partial charge in [0, 0.05) is 19.1 Å². The van der Waals surface area contributed by atoms with Gasteiger partial charge in [0.2, 0.25) is 0 Å². The van der Waals surface area contributed by atoms with Crippen LogP contribution in [0, 0.1) is 6.92 Å². The fourth-order valence-electron chi connectivity index (χ4n) is 1.08. The van der Waals surface area contributed by atoms with Gasteiger partial charge < -0.3 is 9.84 Å². The molecule has 0 bridgehead atoms. The summed E-state index contributed by atoms with van der Waals surface area (Å²) in [5, 5.41) is 9.91. The van der Waals surface area contributed by atoms with Crippen molar-refractivity contribution in [3.05, 3.63) is 23.4 Å². The van der Waals surface area contributed by atoms with Crippen LogP contribution in [0.25, 0.3) is 0 Å². The average Bonchev–Trinajstić information content (AvgIpc) is 2.20. The minimum Gasteiger partial charge on any atom is -0.392 e. The molecule has 0 saturated heterocycles. The first kappa shape index (κ1) is 11.5. The number of aliphatic hydroxyl groups excluding tert-OH is 1. The number of ether oxygens (including phenoxy) is 1. The van der Waals surface area contributed by atoms with E-state index >= 15 is 0 Å². The van der Waals surface area contributed by atoms with Crippen LogP contribution in [0.2, 0.25) is 0 Å². The van der Waals surface area contributed by atoms with Crippen LogP contribution in [0.1, 0.15) is 11.1 Å². The zero-order chi connectivity index (χ0) is 10.4. The summed E-state index contributed by atoms with van der Waals surface area (Å²) in [5.74, 6) is 0.906. The molecule has 0 radical (unpaired) electrons. The van der Waals surface area contributed by atoms with E-state index in [4.69, 9.17) is 9.84 Å². The number of pyridine rings is 1.